The number of methoxy groups -OCH3 is 1. The summed E-state index contributed by atoms with van der Waals surface area (Å²) in [6.45, 7) is 0. The fourth-order valence-electron chi connectivity index (χ4n) is 4.17. The monoisotopic (exact) mass is 522 g/mol. The second-order valence-electron chi connectivity index (χ2n) is 8.56. The first-order valence-electron chi connectivity index (χ1n) is 11.3. The fraction of sp³-hybridized carbons (Fsp3) is 0.192. The first-order valence-corrected chi connectivity index (χ1v) is 13.1. The van der Waals surface area contributed by atoms with E-state index in [1.807, 2.05) is 6.07 Å². The average molecular weight is 523 g/mol. The molecule has 10 heteroatoms. The van der Waals surface area contributed by atoms with Gasteiger partial charge in [-0.25, -0.2) is 13.2 Å². The molecule has 184 valence electrons. The molecule has 2 aromatic carbocycles. The van der Waals surface area contributed by atoms with Crippen LogP contribution in [0.3, 0.4) is 0 Å². The number of aryl methyl sites for hydroxylation is 1. The Balaban J connectivity index is 1.66. The number of sulfonamides is 1. The van der Waals surface area contributed by atoms with Gasteiger partial charge in [0.2, 0.25) is 0 Å². The van der Waals surface area contributed by atoms with Crippen LogP contribution in [0.4, 0.5) is 5.69 Å². The number of esters is 1. The van der Waals surface area contributed by atoms with Crippen molar-refractivity contribution in [3.8, 4) is 22.5 Å². The van der Waals surface area contributed by atoms with E-state index in [1.54, 1.807) is 66.6 Å². The Morgan fingerprint density at radius 1 is 1.08 bits per heavy atom. The zero-order valence-corrected chi connectivity index (χ0v) is 21.2. The van der Waals surface area contributed by atoms with E-state index in [2.05, 4.69) is 14.8 Å². The molecule has 0 radical (unpaired) electrons. The van der Waals surface area contributed by atoms with Crippen LogP contribution in [0.5, 0.6) is 0 Å². The molecular weight excluding hydrogens is 500 g/mol. The van der Waals surface area contributed by atoms with Crippen molar-refractivity contribution in [1.29, 1.82) is 0 Å². The van der Waals surface area contributed by atoms with Gasteiger partial charge in [-0.15, -0.1) is 0 Å². The summed E-state index contributed by atoms with van der Waals surface area (Å²) in [6, 6.07) is 15.2. The lowest BCUT2D eigenvalue weighted by Crippen LogP contribution is -2.17. The van der Waals surface area contributed by atoms with Crippen molar-refractivity contribution in [3.05, 3.63) is 83.1 Å². The quantitative estimate of drug-likeness (QED) is 0.332. The molecule has 1 aliphatic rings. The normalized spacial score (nSPS) is 13.4. The summed E-state index contributed by atoms with van der Waals surface area (Å²) in [4.78, 5) is 16.6. The van der Waals surface area contributed by atoms with E-state index in [1.165, 1.54) is 13.2 Å². The Hall–Kier alpha value is -3.69. The minimum Gasteiger partial charge on any atom is -0.465 e. The van der Waals surface area contributed by atoms with Crippen molar-refractivity contribution in [2.24, 2.45) is 7.05 Å². The van der Waals surface area contributed by atoms with Crippen LogP contribution in [-0.2, 0) is 21.8 Å². The molecule has 1 N–H and O–H groups in total. The molecule has 0 bridgehead atoms. The number of ether oxygens (including phenoxy) is 1. The highest BCUT2D eigenvalue weighted by Gasteiger charge is 2.32. The third-order valence-electron chi connectivity index (χ3n) is 6.13. The third-order valence-corrected chi connectivity index (χ3v) is 7.86. The van der Waals surface area contributed by atoms with Crippen molar-refractivity contribution in [2.75, 3.05) is 11.8 Å². The van der Waals surface area contributed by atoms with E-state index in [9.17, 15) is 13.2 Å². The number of rotatable bonds is 7. The molecule has 4 aromatic rings. The molecule has 0 amide bonds. The highest BCUT2D eigenvalue weighted by Crippen LogP contribution is 2.44. The highest BCUT2D eigenvalue weighted by molar-refractivity contribution is 7.92. The number of nitrogens with one attached hydrogen (secondary N) is 1. The van der Waals surface area contributed by atoms with E-state index in [0.717, 1.165) is 18.5 Å². The zero-order valence-electron chi connectivity index (χ0n) is 19.6. The molecule has 0 saturated heterocycles. The van der Waals surface area contributed by atoms with E-state index in [4.69, 9.17) is 16.3 Å². The Labute approximate surface area is 214 Å². The van der Waals surface area contributed by atoms with E-state index >= 15 is 0 Å². The molecule has 1 fully saturated rings. The summed E-state index contributed by atoms with van der Waals surface area (Å²) >= 11 is 6.65. The summed E-state index contributed by atoms with van der Waals surface area (Å²) in [7, 11) is -1.06. The van der Waals surface area contributed by atoms with Crippen molar-refractivity contribution < 1.29 is 17.9 Å². The van der Waals surface area contributed by atoms with Gasteiger partial charge in [0.15, 0.2) is 0 Å². The second kappa shape index (κ2) is 9.40. The van der Waals surface area contributed by atoms with Gasteiger partial charge in [0.25, 0.3) is 10.0 Å². The minimum atomic E-state index is -4.10. The summed E-state index contributed by atoms with van der Waals surface area (Å²) in [5, 5.41) is 4.63. The minimum absolute atomic E-state index is 0.0527. The topological polar surface area (TPSA) is 103 Å². The zero-order chi connectivity index (χ0) is 25.4. The van der Waals surface area contributed by atoms with Gasteiger partial charge in [-0.3, -0.25) is 14.4 Å². The van der Waals surface area contributed by atoms with E-state index in [-0.39, 0.29) is 16.4 Å². The van der Waals surface area contributed by atoms with Gasteiger partial charge in [0.05, 0.1) is 39.7 Å². The molecule has 0 aliphatic heterocycles. The number of halogens is 1. The summed E-state index contributed by atoms with van der Waals surface area (Å²) < 4.78 is 36.9. The summed E-state index contributed by atoms with van der Waals surface area (Å²) in [6.07, 6.45) is 5.06. The maximum absolute atomic E-state index is 13.8. The molecule has 8 nitrogen and oxygen atoms in total. The van der Waals surface area contributed by atoms with Crippen molar-refractivity contribution in [3.63, 3.8) is 0 Å². The molecule has 5 rings (SSSR count). The first-order chi connectivity index (χ1) is 17.3. The van der Waals surface area contributed by atoms with Crippen LogP contribution in [0.15, 0.2) is 71.9 Å². The van der Waals surface area contributed by atoms with Gasteiger partial charge in [-0.05, 0) is 66.8 Å². The Morgan fingerprint density at radius 3 is 2.53 bits per heavy atom. The van der Waals surface area contributed by atoms with Crippen LogP contribution in [-0.4, -0.2) is 36.3 Å². The Bertz CT molecular complexity index is 1560. The number of hydrogen-bond acceptors (Lipinski definition) is 6. The number of anilines is 1. The highest BCUT2D eigenvalue weighted by atomic mass is 35.5. The molecule has 0 atom stereocenters. The third kappa shape index (κ3) is 4.59. The summed E-state index contributed by atoms with van der Waals surface area (Å²) in [5.41, 5.74) is 3.56. The fourth-order valence-corrected chi connectivity index (χ4v) is 5.83. The lowest BCUT2D eigenvalue weighted by molar-refractivity contribution is 0.0600. The maximum Gasteiger partial charge on any atom is 0.337 e. The van der Waals surface area contributed by atoms with Crippen molar-refractivity contribution >= 4 is 33.3 Å². The Morgan fingerprint density at radius 2 is 1.89 bits per heavy atom. The second-order valence-corrected chi connectivity index (χ2v) is 10.6. The predicted octanol–water partition coefficient (Wildman–Crippen LogP) is 5.27. The molecule has 1 aliphatic carbocycles. The van der Waals surface area contributed by atoms with Crippen LogP contribution in [0.2, 0.25) is 5.02 Å². The predicted molar refractivity (Wildman–Crippen MR) is 137 cm³/mol. The molecular formula is C26H23ClN4O4S. The van der Waals surface area contributed by atoms with Crippen LogP contribution >= 0.6 is 11.6 Å². The molecule has 36 heavy (non-hydrogen) atoms. The molecule has 2 aromatic heterocycles. The number of carbonyl (C=O) groups excluding carboxylic acids is 1. The van der Waals surface area contributed by atoms with Crippen LogP contribution in [0, 0.1) is 0 Å². The van der Waals surface area contributed by atoms with Gasteiger partial charge in [0.1, 0.15) is 0 Å². The maximum atomic E-state index is 13.8. The van der Waals surface area contributed by atoms with E-state index in [0.29, 0.717) is 33.1 Å². The van der Waals surface area contributed by atoms with Gasteiger partial charge in [0, 0.05) is 30.6 Å². The number of benzene rings is 2. The van der Waals surface area contributed by atoms with Crippen molar-refractivity contribution in [1.82, 2.24) is 14.8 Å². The Kier molecular flexibility index (Phi) is 6.27. The van der Waals surface area contributed by atoms with Crippen LogP contribution < -0.4 is 4.72 Å². The van der Waals surface area contributed by atoms with Crippen LogP contribution in [0.1, 0.15) is 34.7 Å². The summed E-state index contributed by atoms with van der Waals surface area (Å²) in [5.74, 6) is -0.471. The van der Waals surface area contributed by atoms with Gasteiger partial charge < -0.3 is 4.74 Å². The number of hydrogen-bond donors (Lipinski definition) is 1. The van der Waals surface area contributed by atoms with Gasteiger partial charge >= 0.3 is 5.97 Å². The number of aromatic nitrogens is 3. The molecule has 0 spiro atoms. The van der Waals surface area contributed by atoms with Gasteiger partial charge in [-0.2, -0.15) is 5.10 Å². The van der Waals surface area contributed by atoms with E-state index < -0.39 is 16.0 Å². The number of carbonyl (C=O) groups is 1. The molecule has 2 heterocycles. The average Bonchev–Trinajstić information content (AvgIpc) is 3.64. The largest absolute Gasteiger partial charge is 0.465 e. The van der Waals surface area contributed by atoms with Crippen molar-refractivity contribution in [2.45, 2.75) is 23.7 Å². The SMILES string of the molecule is COC(=O)c1ccc(C2CC2)c(S(=O)(=O)Nc2cc(-c3ccnn3C)c(Cl)cc2-c2ccccn2)c1. The van der Waals surface area contributed by atoms with Crippen LogP contribution in [0.25, 0.3) is 22.5 Å². The molecule has 1 saturated carbocycles. The molecule has 0 unspecified atom stereocenters. The smallest absolute Gasteiger partial charge is 0.337 e. The number of nitrogens with zero attached hydrogens (tertiary/aromatic N) is 3. The first kappa shape index (κ1) is 24.0. The standard InChI is InChI=1S/C26H23ClN4O4S/c1-31-24(10-12-29-31)19-15-23(20(14-21(19)27)22-5-3-4-11-28-22)30-36(33,34)25-13-17(26(32)35-2)8-9-18(25)16-6-7-16/h3-5,8-16,30H,6-7H2,1-2H3. The lowest BCUT2D eigenvalue weighted by Gasteiger charge is -2.18. The van der Waals surface area contributed by atoms with Gasteiger partial charge in [-0.1, -0.05) is 23.7 Å². The lowest BCUT2D eigenvalue weighted by atomic mass is 10.0. The number of pyridine rings is 1.